The van der Waals surface area contributed by atoms with E-state index in [1.807, 2.05) is 24.3 Å². The summed E-state index contributed by atoms with van der Waals surface area (Å²) in [5.41, 5.74) is 12.3. The van der Waals surface area contributed by atoms with Crippen molar-refractivity contribution in [3.05, 3.63) is 130 Å². The number of hydrogen-bond acceptors (Lipinski definition) is 25. The third-order valence-corrected chi connectivity index (χ3v) is 13.5. The lowest BCUT2D eigenvalue weighted by Crippen LogP contribution is -2.32. The van der Waals surface area contributed by atoms with Crippen LogP contribution in [0.15, 0.2) is 102 Å². The summed E-state index contributed by atoms with van der Waals surface area (Å²) in [6, 6.07) is 28.4. The third kappa shape index (κ3) is 33.5. The van der Waals surface area contributed by atoms with Gasteiger partial charge in [-0.3, -0.25) is 33.6 Å². The third-order valence-electron chi connectivity index (χ3n) is 13.5. The molecule has 2 aliphatic rings. The Morgan fingerprint density at radius 2 is 0.765 bits per heavy atom. The first-order valence-electron chi connectivity index (χ1n) is 32.1. The summed E-state index contributed by atoms with van der Waals surface area (Å²) in [5.74, 6) is -0.131. The molecule has 30 nitrogen and oxygen atoms in total. The number of amides is 5. The Morgan fingerprint density at radius 1 is 0.429 bits per heavy atom. The van der Waals surface area contributed by atoms with E-state index in [0.29, 0.717) is 175 Å². The van der Waals surface area contributed by atoms with Crippen LogP contribution in [0.1, 0.15) is 89.6 Å². The number of ether oxygens (including phenoxy) is 11. The minimum Gasteiger partial charge on any atom is -0.494 e. The number of rotatable bonds is 52. The molecule has 530 valence electrons. The molecule has 0 aliphatic carbocycles. The van der Waals surface area contributed by atoms with Crippen molar-refractivity contribution in [2.45, 2.75) is 57.8 Å². The number of benzene rings is 4. The van der Waals surface area contributed by atoms with Crippen molar-refractivity contribution in [1.82, 2.24) is 15.4 Å². The lowest BCUT2D eigenvalue weighted by molar-refractivity contribution is -0.198. The molecular formula is C68H86N8O22. The zero-order chi connectivity index (χ0) is 70.1. The molecule has 2 saturated heterocycles. The second-order valence-electron chi connectivity index (χ2n) is 20.9. The molecule has 3 N–H and O–H groups in total. The summed E-state index contributed by atoms with van der Waals surface area (Å²) in [5, 5.41) is 13.8. The molecule has 2 aliphatic heterocycles. The first kappa shape index (κ1) is 79.3. The number of carbonyl (C=O) groups excluding carboxylic acids is 9. The number of anilines is 2. The first-order valence-corrected chi connectivity index (χ1v) is 32.1. The van der Waals surface area contributed by atoms with Gasteiger partial charge in [0.05, 0.1) is 145 Å². The highest BCUT2D eigenvalue weighted by Gasteiger charge is 2.34. The van der Waals surface area contributed by atoms with Gasteiger partial charge in [-0.15, -0.1) is 16.5 Å². The maximum Gasteiger partial charge on any atom is 0.335 e. The fourth-order valence-electron chi connectivity index (χ4n) is 8.44. The van der Waals surface area contributed by atoms with E-state index in [4.69, 9.17) is 73.7 Å². The molecule has 4 aromatic rings. The number of hydroxylamine groups is 4. The van der Waals surface area contributed by atoms with Crippen molar-refractivity contribution in [2.24, 2.45) is 5.11 Å². The van der Waals surface area contributed by atoms with Crippen LogP contribution in [0.5, 0.6) is 11.5 Å². The molecule has 0 unspecified atom stereocenters. The van der Waals surface area contributed by atoms with Gasteiger partial charge in [-0.2, -0.15) is 0 Å². The zero-order valence-electron chi connectivity index (χ0n) is 54.9. The molecule has 2 fully saturated rings. The van der Waals surface area contributed by atoms with E-state index in [-0.39, 0.29) is 102 Å². The van der Waals surface area contributed by atoms with Gasteiger partial charge < -0.3 is 77.7 Å². The molecule has 2 heterocycles. The Morgan fingerprint density at radius 3 is 1.13 bits per heavy atom. The van der Waals surface area contributed by atoms with Crippen molar-refractivity contribution < 1.29 is 105 Å². The van der Waals surface area contributed by atoms with Crippen LogP contribution in [0.25, 0.3) is 10.4 Å². The van der Waals surface area contributed by atoms with E-state index in [1.54, 1.807) is 72.8 Å². The number of nitrogens with one attached hydrogen (secondary N) is 3. The molecular weight excluding hydrogens is 1280 g/mol. The van der Waals surface area contributed by atoms with Crippen LogP contribution < -0.4 is 25.4 Å². The van der Waals surface area contributed by atoms with Crippen LogP contribution in [-0.2, 0) is 85.9 Å². The molecule has 0 radical (unpaired) electrons. The first-order chi connectivity index (χ1) is 47.8. The fraction of sp³-hybridized carbons (Fsp3) is 0.485. The predicted molar refractivity (Wildman–Crippen MR) is 351 cm³/mol. The number of hydrogen-bond donors (Lipinski definition) is 3. The highest BCUT2D eigenvalue weighted by molar-refractivity contribution is 6.10. The van der Waals surface area contributed by atoms with Crippen molar-refractivity contribution in [2.75, 3.05) is 169 Å². The van der Waals surface area contributed by atoms with Crippen LogP contribution in [0, 0.1) is 12.3 Å². The topological polar surface area (TPSA) is 365 Å². The molecule has 30 heteroatoms. The van der Waals surface area contributed by atoms with Gasteiger partial charge in [0.2, 0.25) is 5.91 Å². The second kappa shape index (κ2) is 49.2. The molecule has 0 saturated carbocycles. The van der Waals surface area contributed by atoms with Crippen LogP contribution >= 0.6 is 0 Å². The van der Waals surface area contributed by atoms with Gasteiger partial charge in [-0.25, -0.2) is 9.59 Å². The summed E-state index contributed by atoms with van der Waals surface area (Å²) < 4.78 is 59.8. The van der Waals surface area contributed by atoms with Gasteiger partial charge in [0, 0.05) is 90.4 Å². The molecule has 98 heavy (non-hydrogen) atoms. The van der Waals surface area contributed by atoms with E-state index in [2.05, 4.69) is 31.9 Å². The summed E-state index contributed by atoms with van der Waals surface area (Å²) in [6.07, 6.45) is 6.64. The molecule has 5 amide bonds. The average Bonchev–Trinajstić information content (AvgIpc) is 1.16. The van der Waals surface area contributed by atoms with Crippen molar-refractivity contribution in [1.29, 1.82) is 0 Å². The standard InChI is InChI=1S/C37H47N3O12.C31H39N5O10/c1-2-18-46-20-14-33(41)39-16-3-19-51-32-10-6-30(7-11-32)37(45)29-4-8-31(9-5-29)38-17-22-48-24-26-50-28-27-49-25-23-47-21-15-36(44)52-40-34(42)12-13-35(40)43;32-35-34-13-1-15-45-27-8-4-25(5-9-27)31(40)24-2-6-26(7-3-24)33-14-17-42-19-21-44-23-22-43-20-18-41-16-12-30(39)46-36-28(37)10-11-29(36)38/h1,4-11,38H,3,12-28H2,(H,39,41);2-9,33H,1,10-23H2. The Balaban J connectivity index is 0.000000356. The van der Waals surface area contributed by atoms with E-state index in [0.717, 1.165) is 11.4 Å². The van der Waals surface area contributed by atoms with Crippen LogP contribution in [0.3, 0.4) is 0 Å². The quantitative estimate of drug-likeness (QED) is 0.00895. The number of terminal acetylenes is 1. The summed E-state index contributed by atoms with van der Waals surface area (Å²) in [7, 11) is 0. The van der Waals surface area contributed by atoms with Crippen LogP contribution in [0.2, 0.25) is 0 Å². The van der Waals surface area contributed by atoms with E-state index in [1.165, 1.54) is 0 Å². The van der Waals surface area contributed by atoms with Crippen LogP contribution in [0.4, 0.5) is 11.4 Å². The average molecular weight is 1370 g/mol. The molecule has 0 spiro atoms. The van der Waals surface area contributed by atoms with Crippen molar-refractivity contribution >= 4 is 64.4 Å². The Labute approximate surface area is 568 Å². The van der Waals surface area contributed by atoms with Gasteiger partial charge in [0.25, 0.3) is 23.6 Å². The number of imide groups is 2. The van der Waals surface area contributed by atoms with E-state index in [9.17, 15) is 43.2 Å². The van der Waals surface area contributed by atoms with Gasteiger partial charge in [0.15, 0.2) is 11.6 Å². The largest absolute Gasteiger partial charge is 0.494 e. The fourth-order valence-corrected chi connectivity index (χ4v) is 8.44. The Kier molecular flexibility index (Phi) is 39.8. The molecule has 0 bridgehead atoms. The monoisotopic (exact) mass is 1370 g/mol. The maximum atomic E-state index is 12.9. The number of azide groups is 1. The normalized spacial score (nSPS) is 12.5. The molecule has 4 aromatic carbocycles. The van der Waals surface area contributed by atoms with Gasteiger partial charge in [0.1, 0.15) is 18.1 Å². The molecule has 0 aromatic heterocycles. The summed E-state index contributed by atoms with van der Waals surface area (Å²) >= 11 is 0. The lowest BCUT2D eigenvalue weighted by Gasteiger charge is -2.12. The lowest BCUT2D eigenvalue weighted by atomic mass is 10.0. The van der Waals surface area contributed by atoms with Gasteiger partial charge in [-0.05, 0) is 115 Å². The predicted octanol–water partition coefficient (Wildman–Crippen LogP) is 5.79. The smallest absolute Gasteiger partial charge is 0.335 e. The number of ketones is 2. The van der Waals surface area contributed by atoms with Gasteiger partial charge in [-0.1, -0.05) is 11.0 Å². The zero-order valence-corrected chi connectivity index (χ0v) is 54.9. The Hall–Kier alpha value is -9.38. The van der Waals surface area contributed by atoms with Gasteiger partial charge >= 0.3 is 11.9 Å². The number of nitrogens with zero attached hydrogens (tertiary/aromatic N) is 5. The number of carbonyl (C=O) groups is 9. The highest BCUT2D eigenvalue weighted by atomic mass is 16.7. The van der Waals surface area contributed by atoms with E-state index < -0.39 is 35.6 Å². The summed E-state index contributed by atoms with van der Waals surface area (Å²) in [4.78, 5) is 119. The minimum absolute atomic E-state index is 0.0505. The summed E-state index contributed by atoms with van der Waals surface area (Å²) in [6.45, 7) is 8.92. The Bertz CT molecular complexity index is 3130. The van der Waals surface area contributed by atoms with Crippen molar-refractivity contribution in [3.8, 4) is 23.8 Å². The maximum absolute atomic E-state index is 12.9. The SMILES string of the molecule is C#CCOCCC(=O)NCCCOc1ccc(C(=O)c2ccc(NCCOCCOCCOCCOCCC(=O)ON3C(=O)CCC3=O)cc2)cc1.[N-]=[N+]=NCCCOc1ccc(C(=O)c2ccc(NCCOCCOCCOCCOCCC(=O)ON3C(=O)CCC3=O)cc2)cc1. The van der Waals surface area contributed by atoms with Crippen molar-refractivity contribution in [3.63, 3.8) is 0 Å². The minimum atomic E-state index is -0.709. The molecule has 0 atom stereocenters. The van der Waals surface area contributed by atoms with E-state index >= 15 is 0 Å². The highest BCUT2D eigenvalue weighted by Crippen LogP contribution is 2.20. The van der Waals surface area contributed by atoms with Crippen LogP contribution in [-0.4, -0.2) is 221 Å². The second-order valence-corrected chi connectivity index (χ2v) is 20.9. The molecule has 6 rings (SSSR count).